The van der Waals surface area contributed by atoms with Crippen LogP contribution in [0.15, 0.2) is 42.5 Å². The molecule has 0 bridgehead atoms. The number of hydrogen-bond acceptors (Lipinski definition) is 6. The van der Waals surface area contributed by atoms with Crippen molar-refractivity contribution in [3.05, 3.63) is 59.7 Å². The highest BCUT2D eigenvalue weighted by Gasteiger charge is 2.27. The van der Waals surface area contributed by atoms with Crippen molar-refractivity contribution in [3.63, 3.8) is 0 Å². The molecule has 3 aromatic rings. The monoisotopic (exact) mass is 435 g/mol. The average molecular weight is 436 g/mol. The summed E-state index contributed by atoms with van der Waals surface area (Å²) in [5.74, 6) is 3.97. The molecule has 0 amide bonds. The summed E-state index contributed by atoms with van der Waals surface area (Å²) in [6.07, 6.45) is 11.0. The van der Waals surface area contributed by atoms with Crippen LogP contribution in [-0.2, 0) is 0 Å². The SMILES string of the molecule is C#CCOc1ccc(C(Nc2ccc(F)cc2)c2nnnn2C2CCCCC2)cc1OC. The van der Waals surface area contributed by atoms with E-state index >= 15 is 0 Å². The molecule has 1 aliphatic carbocycles. The molecule has 1 fully saturated rings. The summed E-state index contributed by atoms with van der Waals surface area (Å²) in [6, 6.07) is 11.7. The van der Waals surface area contributed by atoms with Crippen LogP contribution in [0.3, 0.4) is 0 Å². The lowest BCUT2D eigenvalue weighted by Crippen LogP contribution is -2.23. The molecule has 0 radical (unpaired) electrons. The molecule has 8 heteroatoms. The van der Waals surface area contributed by atoms with Crippen molar-refractivity contribution in [2.24, 2.45) is 0 Å². The van der Waals surface area contributed by atoms with E-state index in [1.807, 2.05) is 22.9 Å². The number of tetrazole rings is 1. The number of anilines is 1. The van der Waals surface area contributed by atoms with Crippen LogP contribution in [0.4, 0.5) is 10.1 Å². The quantitative estimate of drug-likeness (QED) is 0.524. The number of aromatic nitrogens is 4. The second-order valence-corrected chi connectivity index (χ2v) is 7.76. The first-order chi connectivity index (χ1) is 15.7. The number of hydrogen-bond donors (Lipinski definition) is 1. The van der Waals surface area contributed by atoms with E-state index in [2.05, 4.69) is 26.8 Å². The molecule has 1 aromatic heterocycles. The van der Waals surface area contributed by atoms with Gasteiger partial charge in [-0.15, -0.1) is 11.5 Å². The molecule has 7 nitrogen and oxygen atoms in total. The van der Waals surface area contributed by atoms with Gasteiger partial charge >= 0.3 is 0 Å². The first kappa shape index (κ1) is 21.6. The summed E-state index contributed by atoms with van der Waals surface area (Å²) >= 11 is 0. The zero-order valence-electron chi connectivity index (χ0n) is 18.0. The maximum absolute atomic E-state index is 13.5. The summed E-state index contributed by atoms with van der Waals surface area (Å²) in [6.45, 7) is 0.146. The molecule has 0 aliphatic heterocycles. The van der Waals surface area contributed by atoms with Crippen molar-refractivity contribution in [1.82, 2.24) is 20.2 Å². The third kappa shape index (κ3) is 4.83. The van der Waals surface area contributed by atoms with E-state index in [1.54, 1.807) is 19.2 Å². The Morgan fingerprint density at radius 1 is 1.16 bits per heavy atom. The fourth-order valence-electron chi connectivity index (χ4n) is 4.09. The van der Waals surface area contributed by atoms with Crippen molar-refractivity contribution in [2.75, 3.05) is 19.0 Å². The van der Waals surface area contributed by atoms with E-state index < -0.39 is 0 Å². The van der Waals surface area contributed by atoms with E-state index in [0.29, 0.717) is 17.3 Å². The van der Waals surface area contributed by atoms with Gasteiger partial charge in [0.25, 0.3) is 0 Å². The number of nitrogens with one attached hydrogen (secondary N) is 1. The minimum absolute atomic E-state index is 0.146. The maximum Gasteiger partial charge on any atom is 0.178 e. The van der Waals surface area contributed by atoms with Crippen molar-refractivity contribution < 1.29 is 13.9 Å². The van der Waals surface area contributed by atoms with Gasteiger partial charge in [0.1, 0.15) is 18.5 Å². The Morgan fingerprint density at radius 3 is 2.66 bits per heavy atom. The van der Waals surface area contributed by atoms with Gasteiger partial charge in [-0.25, -0.2) is 9.07 Å². The van der Waals surface area contributed by atoms with Crippen LogP contribution in [0.5, 0.6) is 11.5 Å². The van der Waals surface area contributed by atoms with Gasteiger partial charge in [0, 0.05) is 5.69 Å². The van der Waals surface area contributed by atoms with Gasteiger partial charge in [-0.1, -0.05) is 31.2 Å². The molecule has 166 valence electrons. The van der Waals surface area contributed by atoms with Crippen molar-refractivity contribution in [3.8, 4) is 23.8 Å². The number of ether oxygens (including phenoxy) is 2. The minimum atomic E-state index is -0.382. The highest BCUT2D eigenvalue weighted by molar-refractivity contribution is 5.51. The zero-order valence-corrected chi connectivity index (χ0v) is 18.0. The van der Waals surface area contributed by atoms with Crippen LogP contribution in [0.25, 0.3) is 0 Å². The molecule has 1 N–H and O–H groups in total. The smallest absolute Gasteiger partial charge is 0.178 e. The van der Waals surface area contributed by atoms with Gasteiger partial charge in [0.15, 0.2) is 17.3 Å². The standard InChI is InChI=1S/C24H26FN5O2/c1-3-15-32-21-14-9-17(16-22(21)31-2)23(26-19-12-10-18(25)11-13-19)24-27-28-29-30(24)20-7-5-4-6-8-20/h1,9-14,16,20,23,26H,4-8,15H2,2H3. The molecule has 1 aliphatic rings. The van der Waals surface area contributed by atoms with Gasteiger partial charge in [-0.2, -0.15) is 0 Å². The Kier molecular flexibility index (Phi) is 6.85. The fourth-order valence-corrected chi connectivity index (χ4v) is 4.09. The van der Waals surface area contributed by atoms with Gasteiger partial charge in [-0.05, 0) is 65.2 Å². The Hall–Kier alpha value is -3.60. The molecule has 1 unspecified atom stereocenters. The van der Waals surface area contributed by atoms with Gasteiger partial charge in [-0.3, -0.25) is 0 Å². The number of terminal acetylenes is 1. The van der Waals surface area contributed by atoms with Crippen molar-refractivity contribution >= 4 is 5.69 Å². The summed E-state index contributed by atoms with van der Waals surface area (Å²) in [7, 11) is 1.58. The number of rotatable bonds is 8. The molecule has 1 atom stereocenters. The first-order valence-corrected chi connectivity index (χ1v) is 10.7. The third-order valence-corrected chi connectivity index (χ3v) is 5.68. The molecule has 0 saturated heterocycles. The predicted molar refractivity (Wildman–Crippen MR) is 119 cm³/mol. The lowest BCUT2D eigenvalue weighted by molar-refractivity contribution is 0.315. The Morgan fingerprint density at radius 2 is 1.94 bits per heavy atom. The maximum atomic E-state index is 13.5. The second kappa shape index (κ2) is 10.1. The van der Waals surface area contributed by atoms with Gasteiger partial charge in [0.05, 0.1) is 13.2 Å². The number of halogens is 1. The second-order valence-electron chi connectivity index (χ2n) is 7.76. The molecular weight excluding hydrogens is 409 g/mol. The molecular formula is C24H26FN5O2. The zero-order chi connectivity index (χ0) is 22.3. The van der Waals surface area contributed by atoms with Crippen molar-refractivity contribution in [2.45, 2.75) is 44.2 Å². The lowest BCUT2D eigenvalue weighted by atomic mass is 9.95. The number of nitrogens with zero attached hydrogens (tertiary/aromatic N) is 4. The molecule has 0 spiro atoms. The van der Waals surface area contributed by atoms with Crippen molar-refractivity contribution in [1.29, 1.82) is 0 Å². The Bertz CT molecular complexity index is 1070. The minimum Gasteiger partial charge on any atom is -0.493 e. The lowest BCUT2D eigenvalue weighted by Gasteiger charge is -2.26. The van der Waals surface area contributed by atoms with E-state index in [1.165, 1.54) is 18.6 Å². The summed E-state index contributed by atoms with van der Waals surface area (Å²) in [5.41, 5.74) is 1.63. The number of benzene rings is 2. The average Bonchev–Trinajstić information content (AvgIpc) is 3.32. The molecule has 32 heavy (non-hydrogen) atoms. The van der Waals surface area contributed by atoms with Crippen LogP contribution in [0.2, 0.25) is 0 Å². The van der Waals surface area contributed by atoms with Gasteiger partial charge in [0.2, 0.25) is 0 Å². The highest BCUT2D eigenvalue weighted by atomic mass is 19.1. The largest absolute Gasteiger partial charge is 0.493 e. The van der Waals surface area contributed by atoms with Crippen LogP contribution >= 0.6 is 0 Å². The van der Waals surface area contributed by atoms with Crippen LogP contribution in [0.1, 0.15) is 55.6 Å². The summed E-state index contributed by atoms with van der Waals surface area (Å²) in [5, 5.41) is 16.1. The topological polar surface area (TPSA) is 74.1 Å². The van der Waals surface area contributed by atoms with Crippen LogP contribution < -0.4 is 14.8 Å². The van der Waals surface area contributed by atoms with Gasteiger partial charge < -0.3 is 14.8 Å². The fraction of sp³-hybridized carbons (Fsp3) is 0.375. The van der Waals surface area contributed by atoms with E-state index in [-0.39, 0.29) is 24.5 Å². The number of methoxy groups -OCH3 is 1. The van der Waals surface area contributed by atoms with E-state index in [4.69, 9.17) is 15.9 Å². The van der Waals surface area contributed by atoms with Crippen LogP contribution in [0, 0.1) is 18.2 Å². The molecule has 1 saturated carbocycles. The first-order valence-electron chi connectivity index (χ1n) is 10.7. The third-order valence-electron chi connectivity index (χ3n) is 5.68. The predicted octanol–water partition coefficient (Wildman–Crippen LogP) is 4.54. The molecule has 2 aromatic carbocycles. The summed E-state index contributed by atoms with van der Waals surface area (Å²) < 4.78 is 26.5. The van der Waals surface area contributed by atoms with E-state index in [9.17, 15) is 4.39 Å². The highest BCUT2D eigenvalue weighted by Crippen LogP contribution is 2.36. The Balaban J connectivity index is 1.73. The molecule has 1 heterocycles. The normalized spacial score (nSPS) is 15.0. The van der Waals surface area contributed by atoms with E-state index in [0.717, 1.165) is 36.9 Å². The molecule has 4 rings (SSSR count). The Labute approximate surface area is 186 Å². The summed E-state index contributed by atoms with van der Waals surface area (Å²) in [4.78, 5) is 0. The van der Waals surface area contributed by atoms with Crippen LogP contribution in [-0.4, -0.2) is 33.9 Å².